The fourth-order valence-electron chi connectivity index (χ4n) is 2.40. The molecule has 0 fully saturated rings. The summed E-state index contributed by atoms with van der Waals surface area (Å²) in [5.41, 5.74) is 2.50. The quantitative estimate of drug-likeness (QED) is 0.530. The second-order valence-corrected chi connectivity index (χ2v) is 5.95. The summed E-state index contributed by atoms with van der Waals surface area (Å²) in [4.78, 5) is 24.8. The van der Waals surface area contributed by atoms with Crippen LogP contribution in [0.5, 0.6) is 11.5 Å². The number of benzene rings is 2. The Morgan fingerprint density at radius 1 is 0.926 bits per heavy atom. The standard InChI is InChI=1S/C20H20F2O5/c1-11-5-6-14(9-12(11)2)18(23)13(3)26-19(24)15-7-8-16(27-20(21)22)17(10-15)25-4/h5-10,13,20H,1-4H3/t13-/m0/s1. The number of Topliss-reactive ketones (excluding diaryl/α,β-unsaturated/α-hetero) is 1. The summed E-state index contributed by atoms with van der Waals surface area (Å²) in [6.07, 6.45) is -1.01. The van der Waals surface area contributed by atoms with E-state index >= 15 is 0 Å². The SMILES string of the molecule is COc1cc(C(=O)O[C@@H](C)C(=O)c2ccc(C)c(C)c2)ccc1OC(F)F. The van der Waals surface area contributed by atoms with Gasteiger partial charge in [0.25, 0.3) is 0 Å². The van der Waals surface area contributed by atoms with Crippen LogP contribution in [-0.4, -0.2) is 31.6 Å². The zero-order chi connectivity index (χ0) is 20.1. The molecule has 0 aromatic heterocycles. The van der Waals surface area contributed by atoms with Crippen LogP contribution in [0.1, 0.15) is 38.8 Å². The van der Waals surface area contributed by atoms with E-state index in [4.69, 9.17) is 9.47 Å². The summed E-state index contributed by atoms with van der Waals surface area (Å²) in [7, 11) is 1.26. The van der Waals surface area contributed by atoms with Gasteiger partial charge in [-0.2, -0.15) is 8.78 Å². The third-order valence-corrected chi connectivity index (χ3v) is 4.06. The molecular weight excluding hydrogens is 358 g/mol. The van der Waals surface area contributed by atoms with Crippen molar-refractivity contribution in [1.82, 2.24) is 0 Å². The van der Waals surface area contributed by atoms with Crippen LogP contribution in [0.15, 0.2) is 36.4 Å². The fourth-order valence-corrected chi connectivity index (χ4v) is 2.40. The number of hydrogen-bond acceptors (Lipinski definition) is 5. The summed E-state index contributed by atoms with van der Waals surface area (Å²) in [6.45, 7) is 2.27. The minimum Gasteiger partial charge on any atom is -0.493 e. The van der Waals surface area contributed by atoms with Crippen LogP contribution >= 0.6 is 0 Å². The van der Waals surface area contributed by atoms with Gasteiger partial charge in [0.2, 0.25) is 5.78 Å². The number of esters is 1. The Morgan fingerprint density at radius 3 is 2.19 bits per heavy atom. The Balaban J connectivity index is 2.13. The maximum Gasteiger partial charge on any atom is 0.387 e. The van der Waals surface area contributed by atoms with Gasteiger partial charge in [0.05, 0.1) is 12.7 Å². The predicted molar refractivity (Wildman–Crippen MR) is 94.8 cm³/mol. The Bertz CT molecular complexity index is 848. The molecule has 1 atom stereocenters. The zero-order valence-corrected chi connectivity index (χ0v) is 15.4. The number of hydrogen-bond donors (Lipinski definition) is 0. The van der Waals surface area contributed by atoms with E-state index in [-0.39, 0.29) is 22.8 Å². The lowest BCUT2D eigenvalue weighted by atomic mass is 10.0. The molecular formula is C20H20F2O5. The van der Waals surface area contributed by atoms with Gasteiger partial charge in [-0.3, -0.25) is 4.79 Å². The Morgan fingerprint density at radius 2 is 1.59 bits per heavy atom. The first-order chi connectivity index (χ1) is 12.7. The van der Waals surface area contributed by atoms with Crippen molar-refractivity contribution in [2.45, 2.75) is 33.5 Å². The lowest BCUT2D eigenvalue weighted by Gasteiger charge is -2.14. The molecule has 0 aliphatic rings. The van der Waals surface area contributed by atoms with E-state index in [2.05, 4.69) is 4.74 Å². The largest absolute Gasteiger partial charge is 0.493 e. The molecule has 0 bridgehead atoms. The third kappa shape index (κ3) is 5.03. The molecule has 0 saturated carbocycles. The molecule has 0 radical (unpaired) electrons. The molecule has 5 nitrogen and oxygen atoms in total. The molecule has 0 spiro atoms. The molecule has 2 aromatic carbocycles. The van der Waals surface area contributed by atoms with Gasteiger partial charge in [-0.1, -0.05) is 12.1 Å². The number of ketones is 1. The van der Waals surface area contributed by atoms with Gasteiger partial charge in [-0.25, -0.2) is 4.79 Å². The second kappa shape index (κ2) is 8.62. The monoisotopic (exact) mass is 378 g/mol. The Kier molecular flexibility index (Phi) is 6.50. The van der Waals surface area contributed by atoms with Crippen LogP contribution in [0.25, 0.3) is 0 Å². The summed E-state index contributed by atoms with van der Waals surface area (Å²) < 4.78 is 39.2. The Labute approximate surface area is 155 Å². The highest BCUT2D eigenvalue weighted by Gasteiger charge is 2.22. The minimum absolute atomic E-state index is 0.0436. The summed E-state index contributed by atoms with van der Waals surface area (Å²) in [5.74, 6) is -1.36. The van der Waals surface area contributed by atoms with E-state index in [1.807, 2.05) is 19.9 Å². The highest BCUT2D eigenvalue weighted by atomic mass is 19.3. The van der Waals surface area contributed by atoms with Crippen molar-refractivity contribution >= 4 is 11.8 Å². The van der Waals surface area contributed by atoms with Gasteiger partial charge < -0.3 is 14.2 Å². The van der Waals surface area contributed by atoms with Gasteiger partial charge in [0.1, 0.15) is 0 Å². The predicted octanol–water partition coefficient (Wildman–Crippen LogP) is 4.34. The average Bonchev–Trinajstić information content (AvgIpc) is 2.63. The number of rotatable bonds is 7. The van der Waals surface area contributed by atoms with Crippen molar-refractivity contribution < 1.29 is 32.6 Å². The molecule has 0 heterocycles. The van der Waals surface area contributed by atoms with Crippen LogP contribution < -0.4 is 9.47 Å². The van der Waals surface area contributed by atoms with Gasteiger partial charge in [-0.05, 0) is 56.2 Å². The minimum atomic E-state index is -3.02. The summed E-state index contributed by atoms with van der Waals surface area (Å²) in [6, 6.07) is 8.89. The molecule has 2 aromatic rings. The molecule has 144 valence electrons. The number of halogens is 2. The molecule has 27 heavy (non-hydrogen) atoms. The van der Waals surface area contributed by atoms with Gasteiger partial charge >= 0.3 is 12.6 Å². The maximum absolute atomic E-state index is 12.5. The number of carbonyl (C=O) groups is 2. The number of aryl methyl sites for hydroxylation is 2. The molecule has 0 aliphatic heterocycles. The lowest BCUT2D eigenvalue weighted by molar-refractivity contribution is -0.0512. The fraction of sp³-hybridized carbons (Fsp3) is 0.300. The van der Waals surface area contributed by atoms with E-state index in [0.29, 0.717) is 5.56 Å². The van der Waals surface area contributed by atoms with Crippen molar-refractivity contribution in [2.24, 2.45) is 0 Å². The molecule has 0 saturated heterocycles. The van der Waals surface area contributed by atoms with Crippen molar-refractivity contribution in [2.75, 3.05) is 7.11 Å². The number of carbonyl (C=O) groups excluding carboxylic acids is 2. The first-order valence-corrected chi connectivity index (χ1v) is 8.18. The summed E-state index contributed by atoms with van der Waals surface area (Å²) in [5, 5.41) is 0. The van der Waals surface area contributed by atoms with Crippen molar-refractivity contribution in [3.05, 3.63) is 58.7 Å². The number of ether oxygens (including phenoxy) is 3. The van der Waals surface area contributed by atoms with E-state index in [0.717, 1.165) is 11.1 Å². The molecule has 7 heteroatoms. The maximum atomic E-state index is 12.5. The number of methoxy groups -OCH3 is 1. The van der Waals surface area contributed by atoms with Gasteiger partial charge in [0, 0.05) is 5.56 Å². The second-order valence-electron chi connectivity index (χ2n) is 5.95. The smallest absolute Gasteiger partial charge is 0.387 e. The molecule has 0 aliphatic carbocycles. The van der Waals surface area contributed by atoms with Crippen molar-refractivity contribution in [1.29, 1.82) is 0 Å². The van der Waals surface area contributed by atoms with E-state index < -0.39 is 18.7 Å². The highest BCUT2D eigenvalue weighted by Crippen LogP contribution is 2.29. The van der Waals surface area contributed by atoms with Crippen LogP contribution in [0, 0.1) is 13.8 Å². The highest BCUT2D eigenvalue weighted by molar-refractivity contribution is 6.01. The lowest BCUT2D eigenvalue weighted by Crippen LogP contribution is -2.24. The van der Waals surface area contributed by atoms with Crippen LogP contribution in [-0.2, 0) is 4.74 Å². The number of alkyl halides is 2. The average molecular weight is 378 g/mol. The van der Waals surface area contributed by atoms with E-state index in [1.54, 1.807) is 12.1 Å². The topological polar surface area (TPSA) is 61.8 Å². The molecule has 0 unspecified atom stereocenters. The summed E-state index contributed by atoms with van der Waals surface area (Å²) >= 11 is 0. The Hall–Kier alpha value is -2.96. The molecule has 2 rings (SSSR count). The molecule has 0 amide bonds. The third-order valence-electron chi connectivity index (χ3n) is 4.06. The van der Waals surface area contributed by atoms with Crippen LogP contribution in [0.4, 0.5) is 8.78 Å². The van der Waals surface area contributed by atoms with Gasteiger partial charge in [-0.15, -0.1) is 0 Å². The van der Waals surface area contributed by atoms with E-state index in [1.165, 1.54) is 32.2 Å². The zero-order valence-electron chi connectivity index (χ0n) is 15.4. The van der Waals surface area contributed by atoms with Crippen molar-refractivity contribution in [3.63, 3.8) is 0 Å². The van der Waals surface area contributed by atoms with E-state index in [9.17, 15) is 18.4 Å². The normalized spacial score (nSPS) is 11.8. The first kappa shape index (κ1) is 20.4. The first-order valence-electron chi connectivity index (χ1n) is 8.18. The van der Waals surface area contributed by atoms with Crippen molar-refractivity contribution in [3.8, 4) is 11.5 Å². The van der Waals surface area contributed by atoms with Crippen LogP contribution in [0.3, 0.4) is 0 Å². The molecule has 0 N–H and O–H groups in total. The van der Waals surface area contributed by atoms with Crippen LogP contribution in [0.2, 0.25) is 0 Å². The van der Waals surface area contributed by atoms with Gasteiger partial charge in [0.15, 0.2) is 17.6 Å².